The number of anilines is 2. The van der Waals surface area contributed by atoms with Gasteiger partial charge in [0.15, 0.2) is 0 Å². The molecule has 0 saturated carbocycles. The van der Waals surface area contributed by atoms with Crippen LogP contribution in [0, 0.1) is 6.92 Å². The van der Waals surface area contributed by atoms with Crippen LogP contribution in [-0.4, -0.2) is 31.8 Å². The molecule has 1 amide bonds. The zero-order chi connectivity index (χ0) is 15.0. The van der Waals surface area contributed by atoms with Gasteiger partial charge in [-0.15, -0.1) is 0 Å². The van der Waals surface area contributed by atoms with Gasteiger partial charge in [0, 0.05) is 11.4 Å². The molecule has 0 saturated heterocycles. The van der Waals surface area contributed by atoms with E-state index in [4.69, 9.17) is 15.2 Å². The fraction of sp³-hybridized carbons (Fsp3) is 0.533. The Morgan fingerprint density at radius 3 is 2.70 bits per heavy atom. The van der Waals surface area contributed by atoms with Crippen molar-refractivity contribution in [2.75, 3.05) is 30.9 Å². The molecule has 5 heteroatoms. The smallest absolute Gasteiger partial charge is 0.226 e. The zero-order valence-electron chi connectivity index (χ0n) is 12.4. The normalized spacial score (nSPS) is 10.8. The van der Waals surface area contributed by atoms with Gasteiger partial charge >= 0.3 is 0 Å². The molecule has 1 aromatic rings. The number of benzene rings is 1. The lowest BCUT2D eigenvalue weighted by molar-refractivity contribution is -0.117. The van der Waals surface area contributed by atoms with Crippen LogP contribution in [0.3, 0.4) is 0 Å². The van der Waals surface area contributed by atoms with Crippen LogP contribution in [0.4, 0.5) is 11.4 Å². The number of nitrogens with one attached hydrogen (secondary N) is 1. The molecular weight excluding hydrogens is 256 g/mol. The molecule has 0 fully saturated rings. The van der Waals surface area contributed by atoms with Gasteiger partial charge in [0.25, 0.3) is 0 Å². The number of carbonyl (C=O) groups excluding carboxylic acids is 1. The lowest BCUT2D eigenvalue weighted by Crippen LogP contribution is -2.16. The quantitative estimate of drug-likeness (QED) is 0.566. The number of hydrogen-bond donors (Lipinski definition) is 2. The second-order valence-electron chi connectivity index (χ2n) is 4.90. The average molecular weight is 280 g/mol. The first kappa shape index (κ1) is 16.5. The van der Waals surface area contributed by atoms with E-state index in [1.54, 1.807) is 12.1 Å². The van der Waals surface area contributed by atoms with Gasteiger partial charge < -0.3 is 20.5 Å². The Kier molecular flexibility index (Phi) is 7.04. The molecule has 0 radical (unpaired) electrons. The minimum Gasteiger partial charge on any atom is -0.399 e. The van der Waals surface area contributed by atoms with Crippen molar-refractivity contribution < 1.29 is 14.3 Å². The third-order valence-electron chi connectivity index (χ3n) is 2.68. The number of hydrogen-bond acceptors (Lipinski definition) is 4. The number of nitrogens with two attached hydrogens (primary N) is 1. The van der Waals surface area contributed by atoms with Crippen molar-refractivity contribution in [2.24, 2.45) is 0 Å². The summed E-state index contributed by atoms with van der Waals surface area (Å²) >= 11 is 0. The Bertz CT molecular complexity index is 433. The third-order valence-corrected chi connectivity index (χ3v) is 2.68. The van der Waals surface area contributed by atoms with Crippen LogP contribution in [0.5, 0.6) is 0 Å². The van der Waals surface area contributed by atoms with Crippen molar-refractivity contribution in [2.45, 2.75) is 33.3 Å². The van der Waals surface area contributed by atoms with E-state index in [0.29, 0.717) is 31.9 Å². The minimum atomic E-state index is -0.0670. The van der Waals surface area contributed by atoms with Gasteiger partial charge in [-0.25, -0.2) is 0 Å². The maximum atomic E-state index is 11.7. The van der Waals surface area contributed by atoms with E-state index >= 15 is 0 Å². The van der Waals surface area contributed by atoms with Crippen LogP contribution < -0.4 is 11.1 Å². The highest BCUT2D eigenvalue weighted by molar-refractivity contribution is 5.91. The number of rotatable bonds is 8. The highest BCUT2D eigenvalue weighted by Crippen LogP contribution is 2.17. The number of carbonyl (C=O) groups is 1. The fourth-order valence-electron chi connectivity index (χ4n) is 1.65. The first-order valence-corrected chi connectivity index (χ1v) is 6.84. The largest absolute Gasteiger partial charge is 0.399 e. The summed E-state index contributed by atoms with van der Waals surface area (Å²) in [5.41, 5.74) is 8.08. The summed E-state index contributed by atoms with van der Waals surface area (Å²) < 4.78 is 10.7. The van der Waals surface area contributed by atoms with E-state index in [2.05, 4.69) is 5.32 Å². The molecule has 0 unspecified atom stereocenters. The van der Waals surface area contributed by atoms with Crippen LogP contribution in [0.15, 0.2) is 18.2 Å². The van der Waals surface area contributed by atoms with Gasteiger partial charge in [-0.3, -0.25) is 4.79 Å². The lowest BCUT2D eigenvalue weighted by Gasteiger charge is -2.10. The molecule has 3 N–H and O–H groups in total. The second-order valence-corrected chi connectivity index (χ2v) is 4.90. The SMILES string of the molecule is Cc1cc(N)ccc1NC(=O)CCOCCOC(C)C. The standard InChI is InChI=1S/C15H24N2O3/c1-11(2)20-9-8-19-7-6-15(18)17-14-5-4-13(16)10-12(14)3/h4-5,10-11H,6-9,16H2,1-3H3,(H,17,18). The molecular formula is C15H24N2O3. The molecule has 0 aromatic heterocycles. The lowest BCUT2D eigenvalue weighted by atomic mass is 10.2. The van der Waals surface area contributed by atoms with Crippen molar-refractivity contribution in [1.29, 1.82) is 0 Å². The van der Waals surface area contributed by atoms with Crippen LogP contribution in [0.1, 0.15) is 25.8 Å². The maximum Gasteiger partial charge on any atom is 0.226 e. The zero-order valence-corrected chi connectivity index (χ0v) is 12.4. The molecule has 0 heterocycles. The van der Waals surface area contributed by atoms with E-state index in [-0.39, 0.29) is 12.0 Å². The average Bonchev–Trinajstić information content (AvgIpc) is 2.36. The number of aryl methyl sites for hydroxylation is 1. The predicted molar refractivity (Wildman–Crippen MR) is 80.7 cm³/mol. The van der Waals surface area contributed by atoms with Crippen molar-refractivity contribution in [3.05, 3.63) is 23.8 Å². The van der Waals surface area contributed by atoms with Crippen LogP contribution in [0.25, 0.3) is 0 Å². The van der Waals surface area contributed by atoms with Crippen molar-refractivity contribution in [1.82, 2.24) is 0 Å². The fourth-order valence-corrected chi connectivity index (χ4v) is 1.65. The number of ether oxygens (including phenoxy) is 2. The van der Waals surface area contributed by atoms with Crippen molar-refractivity contribution in [3.8, 4) is 0 Å². The maximum absolute atomic E-state index is 11.7. The molecule has 20 heavy (non-hydrogen) atoms. The van der Waals surface area contributed by atoms with Crippen LogP contribution in [-0.2, 0) is 14.3 Å². The van der Waals surface area contributed by atoms with E-state index < -0.39 is 0 Å². The third kappa shape index (κ3) is 6.54. The summed E-state index contributed by atoms with van der Waals surface area (Å²) in [6.07, 6.45) is 0.529. The van der Waals surface area contributed by atoms with Crippen LogP contribution in [0.2, 0.25) is 0 Å². The highest BCUT2D eigenvalue weighted by atomic mass is 16.5. The van der Waals surface area contributed by atoms with Crippen LogP contribution >= 0.6 is 0 Å². The summed E-state index contributed by atoms with van der Waals surface area (Å²) in [6, 6.07) is 5.40. The summed E-state index contributed by atoms with van der Waals surface area (Å²) in [5, 5.41) is 2.84. The first-order valence-electron chi connectivity index (χ1n) is 6.84. The summed E-state index contributed by atoms with van der Waals surface area (Å²) in [4.78, 5) is 11.7. The molecule has 1 rings (SSSR count). The Labute approximate surface area is 120 Å². The number of nitrogen functional groups attached to an aromatic ring is 1. The highest BCUT2D eigenvalue weighted by Gasteiger charge is 2.05. The topological polar surface area (TPSA) is 73.6 Å². The van der Waals surface area contributed by atoms with E-state index in [1.165, 1.54) is 0 Å². The second kappa shape index (κ2) is 8.55. The van der Waals surface area contributed by atoms with Gasteiger partial charge in [-0.05, 0) is 44.5 Å². The molecule has 0 atom stereocenters. The Balaban J connectivity index is 2.20. The Morgan fingerprint density at radius 1 is 1.30 bits per heavy atom. The molecule has 0 aliphatic carbocycles. The van der Waals surface area contributed by atoms with Gasteiger partial charge in [0.2, 0.25) is 5.91 Å². The molecule has 112 valence electrons. The monoisotopic (exact) mass is 280 g/mol. The van der Waals surface area contributed by atoms with E-state index in [0.717, 1.165) is 11.3 Å². The van der Waals surface area contributed by atoms with Gasteiger partial charge in [-0.2, -0.15) is 0 Å². The van der Waals surface area contributed by atoms with E-state index in [9.17, 15) is 4.79 Å². The molecule has 1 aromatic carbocycles. The first-order chi connectivity index (χ1) is 9.49. The van der Waals surface area contributed by atoms with Gasteiger partial charge in [-0.1, -0.05) is 0 Å². The Hall–Kier alpha value is -1.59. The number of amides is 1. The van der Waals surface area contributed by atoms with Crippen molar-refractivity contribution in [3.63, 3.8) is 0 Å². The summed E-state index contributed by atoms with van der Waals surface area (Å²) in [5.74, 6) is -0.0670. The van der Waals surface area contributed by atoms with Crippen molar-refractivity contribution >= 4 is 17.3 Å². The molecule has 5 nitrogen and oxygen atoms in total. The molecule has 0 bridgehead atoms. The predicted octanol–water partition coefficient (Wildman–Crippen LogP) is 2.35. The molecule has 0 aliphatic rings. The molecule has 0 aliphatic heterocycles. The van der Waals surface area contributed by atoms with Gasteiger partial charge in [0.05, 0.1) is 32.3 Å². The molecule has 0 spiro atoms. The Morgan fingerprint density at radius 2 is 2.05 bits per heavy atom. The van der Waals surface area contributed by atoms with Gasteiger partial charge in [0.1, 0.15) is 0 Å². The summed E-state index contributed by atoms with van der Waals surface area (Å²) in [6.45, 7) is 7.31. The summed E-state index contributed by atoms with van der Waals surface area (Å²) in [7, 11) is 0. The minimum absolute atomic E-state index is 0.0670. The van der Waals surface area contributed by atoms with E-state index in [1.807, 2.05) is 26.8 Å².